The summed E-state index contributed by atoms with van der Waals surface area (Å²) in [6.07, 6.45) is 8.99. The Morgan fingerprint density at radius 2 is 1.19 bits per heavy atom. The molecule has 0 nitrogen and oxygen atoms in total. The molecular formula is C16H38. The van der Waals surface area contributed by atoms with Crippen LogP contribution in [0.15, 0.2) is 48.4 Å². The predicted octanol–water partition coefficient (Wildman–Crippen LogP) is 7.07. The van der Waals surface area contributed by atoms with Crippen molar-refractivity contribution in [2.24, 2.45) is 0 Å². The van der Waals surface area contributed by atoms with E-state index in [2.05, 4.69) is 18.0 Å². The molecule has 0 aliphatic heterocycles. The zero-order chi connectivity index (χ0) is 6.95. The first kappa shape index (κ1) is 61.1. The lowest BCUT2D eigenvalue weighted by molar-refractivity contribution is 1.77. The van der Waals surface area contributed by atoms with E-state index < -0.39 is 0 Å². The van der Waals surface area contributed by atoms with E-state index in [4.69, 9.17) is 0 Å². The van der Waals surface area contributed by atoms with Gasteiger partial charge in [0.1, 0.15) is 0 Å². The fourth-order valence-electron chi connectivity index (χ4n) is 0.314. The van der Waals surface area contributed by atoms with Crippen molar-refractivity contribution in [1.82, 2.24) is 0 Å². The minimum Gasteiger partial charge on any atom is -0.0991 e. The van der Waals surface area contributed by atoms with Crippen LogP contribution in [0.25, 0.3) is 0 Å². The highest BCUT2D eigenvalue weighted by Gasteiger charge is 1.52. The van der Waals surface area contributed by atoms with Crippen LogP contribution in [0, 0.1) is 0 Å². The van der Waals surface area contributed by atoms with Crippen LogP contribution in [0.4, 0.5) is 0 Å². The van der Waals surface area contributed by atoms with Gasteiger partial charge in [0.15, 0.2) is 0 Å². The van der Waals surface area contributed by atoms with Crippen LogP contribution in [-0.2, 0) is 0 Å². The molecule has 0 aromatic rings. The summed E-state index contributed by atoms with van der Waals surface area (Å²) in [5.74, 6) is 0. The molecule has 0 saturated carbocycles. The second-order valence-electron chi connectivity index (χ2n) is 1.36. The van der Waals surface area contributed by atoms with Gasteiger partial charge in [-0.2, -0.15) is 0 Å². The van der Waals surface area contributed by atoms with Crippen molar-refractivity contribution in [3.05, 3.63) is 48.4 Å². The molecular weight excluding hydrogens is 192 g/mol. The minimum absolute atomic E-state index is 0. The van der Waals surface area contributed by atoms with E-state index in [-0.39, 0.29) is 52.0 Å². The van der Waals surface area contributed by atoms with Crippen molar-refractivity contribution in [3.8, 4) is 0 Å². The lowest BCUT2D eigenvalue weighted by Crippen LogP contribution is -1.41. The molecule has 0 rings (SSSR count). The Bertz CT molecular complexity index is 182. The smallest absolute Gasteiger partial charge is 0.0115 e. The van der Waals surface area contributed by atoms with E-state index in [9.17, 15) is 0 Å². The van der Waals surface area contributed by atoms with Crippen molar-refractivity contribution in [3.63, 3.8) is 0 Å². The lowest BCUT2D eigenvalue weighted by atomic mass is 10.4. The third kappa shape index (κ3) is 77.6. The Balaban J connectivity index is -0.0000000152. The third-order valence-electron chi connectivity index (χ3n) is 0.654. The summed E-state index contributed by atoms with van der Waals surface area (Å²) in [5.41, 5.74) is 5.60. The van der Waals surface area contributed by atoms with E-state index in [1.807, 2.05) is 19.1 Å². The molecule has 0 unspecified atom stereocenters. The van der Waals surface area contributed by atoms with Gasteiger partial charge in [-0.3, -0.25) is 0 Å². The van der Waals surface area contributed by atoms with Crippen LogP contribution in [0.1, 0.15) is 58.9 Å². The van der Waals surface area contributed by atoms with Gasteiger partial charge >= 0.3 is 0 Å². The van der Waals surface area contributed by atoms with Crippen LogP contribution >= 0.6 is 0 Å². The van der Waals surface area contributed by atoms with E-state index in [1.165, 1.54) is 0 Å². The van der Waals surface area contributed by atoms with Crippen molar-refractivity contribution in [2.45, 2.75) is 58.9 Å². The molecule has 0 bridgehead atoms. The molecule has 0 aromatic carbocycles. The molecule has 0 aromatic heterocycles. The van der Waals surface area contributed by atoms with Gasteiger partial charge in [-0.25, -0.2) is 0 Å². The lowest BCUT2D eigenvalue weighted by Gasteiger charge is -1.62. The molecule has 0 radical (unpaired) electrons. The second-order valence-corrected chi connectivity index (χ2v) is 1.36. The van der Waals surface area contributed by atoms with Crippen molar-refractivity contribution >= 4 is 0 Å². The third-order valence-corrected chi connectivity index (χ3v) is 0.654. The molecule has 0 saturated heterocycles. The number of hydrogen-bond acceptors (Lipinski definition) is 0. The van der Waals surface area contributed by atoms with E-state index in [1.54, 1.807) is 18.2 Å². The highest BCUT2D eigenvalue weighted by molar-refractivity contribution is 5.08. The van der Waals surface area contributed by atoms with Gasteiger partial charge in [0.2, 0.25) is 0 Å². The molecule has 0 N–H and O–H groups in total. The maximum absolute atomic E-state index is 3.52. The summed E-state index contributed by atoms with van der Waals surface area (Å²) in [6.45, 7) is 5.42. The molecule has 0 atom stereocenters. The SMILES string of the molecule is C.C.C.C.C.C.C.C=CC=CC=C=C=CC. The van der Waals surface area contributed by atoms with Crippen LogP contribution in [0.2, 0.25) is 0 Å². The highest BCUT2D eigenvalue weighted by Crippen LogP contribution is 1.72. The fourth-order valence-corrected chi connectivity index (χ4v) is 0.314. The maximum atomic E-state index is 3.52. The Morgan fingerprint density at radius 3 is 1.50 bits per heavy atom. The first-order valence-electron chi connectivity index (χ1n) is 2.81. The molecule has 0 aliphatic rings. The summed E-state index contributed by atoms with van der Waals surface area (Å²) in [5, 5.41) is 0. The van der Waals surface area contributed by atoms with Crippen molar-refractivity contribution in [2.75, 3.05) is 0 Å². The normalized spacial score (nSPS) is 4.31. The van der Waals surface area contributed by atoms with Crippen LogP contribution in [0.3, 0.4) is 0 Å². The molecule has 0 heterocycles. The van der Waals surface area contributed by atoms with E-state index >= 15 is 0 Å². The Hall–Kier alpha value is -1.22. The predicted molar refractivity (Wildman–Crippen MR) is 88.3 cm³/mol. The van der Waals surface area contributed by atoms with Gasteiger partial charge in [-0.1, -0.05) is 88.3 Å². The molecule has 102 valence electrons. The van der Waals surface area contributed by atoms with Crippen LogP contribution < -0.4 is 0 Å². The largest absolute Gasteiger partial charge is 0.0991 e. The first-order valence-corrected chi connectivity index (χ1v) is 2.81. The molecule has 0 aliphatic carbocycles. The Labute approximate surface area is 108 Å². The monoisotopic (exact) mass is 230 g/mol. The van der Waals surface area contributed by atoms with Gasteiger partial charge in [0.25, 0.3) is 0 Å². The second kappa shape index (κ2) is 67.4. The zero-order valence-corrected chi connectivity index (χ0v) is 5.59. The van der Waals surface area contributed by atoms with Gasteiger partial charge in [-0.05, 0) is 19.1 Å². The van der Waals surface area contributed by atoms with Crippen molar-refractivity contribution < 1.29 is 0 Å². The van der Waals surface area contributed by atoms with Crippen molar-refractivity contribution in [1.29, 1.82) is 0 Å². The molecule has 0 fully saturated rings. The van der Waals surface area contributed by atoms with Gasteiger partial charge < -0.3 is 0 Å². The first-order chi connectivity index (χ1) is 4.41. The Morgan fingerprint density at radius 1 is 0.750 bits per heavy atom. The summed E-state index contributed by atoms with van der Waals surface area (Å²) in [7, 11) is 0. The summed E-state index contributed by atoms with van der Waals surface area (Å²) >= 11 is 0. The average Bonchev–Trinajstić information content (AvgIpc) is 1.89. The minimum atomic E-state index is 0. The fraction of sp³-hybridized carbons (Fsp3) is 0.500. The number of rotatable bonds is 2. The quantitative estimate of drug-likeness (QED) is 0.351. The molecule has 0 amide bonds. The number of hydrogen-bond donors (Lipinski definition) is 0. The van der Waals surface area contributed by atoms with Crippen LogP contribution in [0.5, 0.6) is 0 Å². The highest BCUT2D eigenvalue weighted by atomic mass is 13.6. The number of allylic oxidation sites excluding steroid dienone is 5. The maximum Gasteiger partial charge on any atom is -0.0115 e. The zero-order valence-electron chi connectivity index (χ0n) is 5.59. The molecule has 0 spiro atoms. The van der Waals surface area contributed by atoms with E-state index in [0.29, 0.717) is 0 Å². The molecule has 0 heteroatoms. The topological polar surface area (TPSA) is 0 Å². The summed E-state index contributed by atoms with van der Waals surface area (Å²) < 4.78 is 0. The standard InChI is InChI=1S/C9H10.7CH4/c1-3-5-7-9-8-6-4-2;;;;;;;/h3-5,7,9H,1H2,2H3;7*1H4. The Kier molecular flexibility index (Phi) is 257. The van der Waals surface area contributed by atoms with E-state index in [0.717, 1.165) is 0 Å². The summed E-state index contributed by atoms with van der Waals surface area (Å²) in [4.78, 5) is 0. The summed E-state index contributed by atoms with van der Waals surface area (Å²) in [6, 6.07) is 0. The van der Waals surface area contributed by atoms with Crippen LogP contribution in [-0.4, -0.2) is 0 Å². The average molecular weight is 230 g/mol. The van der Waals surface area contributed by atoms with Gasteiger partial charge in [0, 0.05) is 0 Å². The van der Waals surface area contributed by atoms with Gasteiger partial charge in [-0.15, -0.1) is 0 Å². The van der Waals surface area contributed by atoms with Gasteiger partial charge in [0.05, 0.1) is 0 Å². The molecule has 16 heavy (non-hydrogen) atoms.